The van der Waals surface area contributed by atoms with E-state index in [-0.39, 0.29) is 28.8 Å². The van der Waals surface area contributed by atoms with Crippen molar-refractivity contribution in [2.24, 2.45) is 0 Å². The molecule has 1 saturated heterocycles. The van der Waals surface area contributed by atoms with E-state index in [1.807, 2.05) is 4.90 Å². The molecule has 0 spiro atoms. The highest BCUT2D eigenvalue weighted by Gasteiger charge is 2.41. The van der Waals surface area contributed by atoms with Gasteiger partial charge in [0.1, 0.15) is 5.69 Å². The molecule has 0 bridgehead atoms. The zero-order valence-corrected chi connectivity index (χ0v) is 13.1. The van der Waals surface area contributed by atoms with E-state index in [9.17, 15) is 14.4 Å². The van der Waals surface area contributed by atoms with E-state index in [4.69, 9.17) is 0 Å². The fourth-order valence-electron chi connectivity index (χ4n) is 3.88. The van der Waals surface area contributed by atoms with Gasteiger partial charge in [0.2, 0.25) is 0 Å². The van der Waals surface area contributed by atoms with E-state index in [1.165, 1.54) is 6.33 Å². The van der Waals surface area contributed by atoms with Crippen molar-refractivity contribution in [1.82, 2.24) is 24.8 Å². The third-order valence-electron chi connectivity index (χ3n) is 4.94. The number of hydrogen-bond donors (Lipinski definition) is 2. The molecule has 0 aliphatic carbocycles. The van der Waals surface area contributed by atoms with Crippen LogP contribution in [0.3, 0.4) is 0 Å². The van der Waals surface area contributed by atoms with E-state index in [2.05, 4.69) is 19.9 Å². The Labute approximate surface area is 140 Å². The SMILES string of the molecule is O=C1c2cccc(-c3nc4nc[nH]c(=O)c4[nH]c3=O)c2C2CCCN12. The van der Waals surface area contributed by atoms with Gasteiger partial charge in [0.15, 0.2) is 11.2 Å². The summed E-state index contributed by atoms with van der Waals surface area (Å²) in [7, 11) is 0. The smallest absolute Gasteiger partial charge is 0.276 e. The molecule has 0 saturated carbocycles. The Morgan fingerprint density at radius 2 is 1.96 bits per heavy atom. The minimum atomic E-state index is -0.469. The standard InChI is InChI=1S/C17H13N5O3/c23-15-13-14(18-7-19-15)20-12(16(24)21-13)8-3-1-4-9-11(8)10-5-2-6-22(10)17(9)25/h1,3-4,7,10H,2,5-6H2,(H,21,24)(H,18,19,20,23). The number of H-pyrrole nitrogens is 2. The van der Waals surface area contributed by atoms with Crippen LogP contribution in [0.2, 0.25) is 0 Å². The lowest BCUT2D eigenvalue weighted by atomic mass is 9.94. The summed E-state index contributed by atoms with van der Waals surface area (Å²) < 4.78 is 0. The first kappa shape index (κ1) is 14.1. The molecule has 1 amide bonds. The summed E-state index contributed by atoms with van der Waals surface area (Å²) in [5.41, 5.74) is 1.59. The summed E-state index contributed by atoms with van der Waals surface area (Å²) in [6, 6.07) is 5.33. The first-order chi connectivity index (χ1) is 12.1. The number of amides is 1. The van der Waals surface area contributed by atoms with Crippen LogP contribution in [0.5, 0.6) is 0 Å². The number of aromatic amines is 2. The fraction of sp³-hybridized carbons (Fsp3) is 0.235. The Kier molecular flexibility index (Phi) is 2.74. The minimum Gasteiger partial charge on any atom is -0.332 e. The van der Waals surface area contributed by atoms with E-state index in [0.717, 1.165) is 24.9 Å². The van der Waals surface area contributed by atoms with Gasteiger partial charge in [0, 0.05) is 17.7 Å². The molecular weight excluding hydrogens is 322 g/mol. The molecule has 2 N–H and O–H groups in total. The van der Waals surface area contributed by atoms with Gasteiger partial charge in [-0.25, -0.2) is 9.97 Å². The summed E-state index contributed by atoms with van der Waals surface area (Å²) >= 11 is 0. The van der Waals surface area contributed by atoms with Crippen LogP contribution < -0.4 is 11.1 Å². The lowest BCUT2D eigenvalue weighted by Gasteiger charge is -2.16. The second-order valence-electron chi connectivity index (χ2n) is 6.27. The van der Waals surface area contributed by atoms with E-state index in [1.54, 1.807) is 18.2 Å². The Morgan fingerprint density at radius 3 is 2.84 bits per heavy atom. The molecule has 8 nitrogen and oxygen atoms in total. The zero-order valence-electron chi connectivity index (χ0n) is 13.1. The van der Waals surface area contributed by atoms with Crippen LogP contribution in [0.15, 0.2) is 34.1 Å². The number of fused-ring (bicyclic) bond motifs is 4. The van der Waals surface area contributed by atoms with Gasteiger partial charge in [-0.3, -0.25) is 14.4 Å². The van der Waals surface area contributed by atoms with E-state index in [0.29, 0.717) is 11.1 Å². The first-order valence-corrected chi connectivity index (χ1v) is 8.07. The quantitative estimate of drug-likeness (QED) is 0.688. The maximum absolute atomic E-state index is 12.6. The summed E-state index contributed by atoms with van der Waals surface area (Å²) in [5, 5.41) is 0. The molecule has 5 rings (SSSR count). The van der Waals surface area contributed by atoms with Crippen LogP contribution in [0, 0.1) is 0 Å². The van der Waals surface area contributed by atoms with Gasteiger partial charge >= 0.3 is 0 Å². The van der Waals surface area contributed by atoms with Gasteiger partial charge in [0.25, 0.3) is 17.0 Å². The van der Waals surface area contributed by atoms with Gasteiger partial charge in [-0.2, -0.15) is 0 Å². The number of benzene rings is 1. The molecule has 2 aliphatic heterocycles. The van der Waals surface area contributed by atoms with Crippen molar-refractivity contribution >= 4 is 17.1 Å². The molecule has 1 atom stereocenters. The molecule has 2 aromatic heterocycles. The Morgan fingerprint density at radius 1 is 1.12 bits per heavy atom. The van der Waals surface area contributed by atoms with Crippen LogP contribution in [0.25, 0.3) is 22.4 Å². The monoisotopic (exact) mass is 335 g/mol. The predicted octanol–water partition coefficient (Wildman–Crippen LogP) is 0.964. The molecule has 2 aliphatic rings. The van der Waals surface area contributed by atoms with Crippen LogP contribution in [-0.2, 0) is 0 Å². The fourth-order valence-corrected chi connectivity index (χ4v) is 3.88. The molecule has 4 heterocycles. The summed E-state index contributed by atoms with van der Waals surface area (Å²) in [4.78, 5) is 52.1. The van der Waals surface area contributed by atoms with Gasteiger partial charge in [-0.1, -0.05) is 12.1 Å². The predicted molar refractivity (Wildman–Crippen MR) is 89.2 cm³/mol. The summed E-state index contributed by atoms with van der Waals surface area (Å²) in [6.45, 7) is 0.732. The second kappa shape index (κ2) is 4.85. The van der Waals surface area contributed by atoms with Crippen LogP contribution in [-0.4, -0.2) is 37.3 Å². The third-order valence-corrected chi connectivity index (χ3v) is 4.94. The highest BCUT2D eigenvalue weighted by Crippen LogP contribution is 2.44. The van der Waals surface area contributed by atoms with Crippen molar-refractivity contribution in [3.05, 3.63) is 56.4 Å². The van der Waals surface area contributed by atoms with Gasteiger partial charge < -0.3 is 14.9 Å². The molecule has 1 fully saturated rings. The average molecular weight is 335 g/mol. The molecule has 8 heteroatoms. The number of hydrogen-bond acceptors (Lipinski definition) is 5. The first-order valence-electron chi connectivity index (χ1n) is 8.07. The van der Waals surface area contributed by atoms with Crippen molar-refractivity contribution in [2.45, 2.75) is 18.9 Å². The molecular formula is C17H13N5O3. The van der Waals surface area contributed by atoms with Crippen LogP contribution >= 0.6 is 0 Å². The van der Waals surface area contributed by atoms with Crippen molar-refractivity contribution in [2.75, 3.05) is 6.54 Å². The zero-order chi connectivity index (χ0) is 17.1. The Balaban J connectivity index is 1.81. The Hall–Kier alpha value is -3.29. The highest BCUT2D eigenvalue weighted by atomic mass is 16.2. The molecule has 3 aromatic rings. The number of aromatic nitrogens is 4. The van der Waals surface area contributed by atoms with Crippen molar-refractivity contribution in [1.29, 1.82) is 0 Å². The maximum atomic E-state index is 12.6. The molecule has 25 heavy (non-hydrogen) atoms. The number of carbonyl (C=O) groups excluding carboxylic acids is 1. The van der Waals surface area contributed by atoms with E-state index < -0.39 is 11.1 Å². The average Bonchev–Trinajstić information content (AvgIpc) is 3.19. The van der Waals surface area contributed by atoms with Gasteiger partial charge in [0.05, 0.1) is 12.4 Å². The lowest BCUT2D eigenvalue weighted by molar-refractivity contribution is 0.0776. The van der Waals surface area contributed by atoms with Gasteiger partial charge in [-0.05, 0) is 24.5 Å². The van der Waals surface area contributed by atoms with E-state index >= 15 is 0 Å². The highest BCUT2D eigenvalue weighted by molar-refractivity contribution is 6.01. The second-order valence-corrected chi connectivity index (χ2v) is 6.27. The van der Waals surface area contributed by atoms with Crippen molar-refractivity contribution in [3.63, 3.8) is 0 Å². The number of nitrogens with one attached hydrogen (secondary N) is 2. The number of rotatable bonds is 1. The number of carbonyl (C=O) groups is 1. The third kappa shape index (κ3) is 1.84. The van der Waals surface area contributed by atoms with Crippen molar-refractivity contribution in [3.8, 4) is 11.3 Å². The largest absolute Gasteiger partial charge is 0.332 e. The summed E-state index contributed by atoms with van der Waals surface area (Å²) in [5.74, 6) is 0.00568. The maximum Gasteiger partial charge on any atom is 0.276 e. The minimum absolute atomic E-state index is 0.00568. The van der Waals surface area contributed by atoms with Gasteiger partial charge in [-0.15, -0.1) is 0 Å². The van der Waals surface area contributed by atoms with Crippen LogP contribution in [0.4, 0.5) is 0 Å². The number of nitrogens with zero attached hydrogens (tertiary/aromatic N) is 3. The Bertz CT molecular complexity index is 1160. The molecule has 0 radical (unpaired) electrons. The molecule has 124 valence electrons. The van der Waals surface area contributed by atoms with Crippen LogP contribution in [0.1, 0.15) is 34.8 Å². The topological polar surface area (TPSA) is 112 Å². The molecule has 1 aromatic carbocycles. The van der Waals surface area contributed by atoms with Crippen molar-refractivity contribution < 1.29 is 4.79 Å². The summed E-state index contributed by atoms with van der Waals surface area (Å²) in [6.07, 6.45) is 3.07. The normalized spacial score (nSPS) is 18.6. The lowest BCUT2D eigenvalue weighted by Crippen LogP contribution is -2.22. The molecule has 1 unspecified atom stereocenters.